The monoisotopic (exact) mass is 710 g/mol. The summed E-state index contributed by atoms with van der Waals surface area (Å²) in [6.07, 6.45) is -0.632. The second-order valence-corrected chi connectivity index (χ2v) is 14.2. The SMILES string of the molecule is CCOC(=O)N[C@H](C(=O)NN(Cc1ccc(-c2cncs2)cc1)C[C@H](O)[C@H](Cc1ccccc1)NC(=O)[C@@H](NC(=O)OC)C(C)(C)C)C(C)C. The van der Waals surface area contributed by atoms with Crippen molar-refractivity contribution in [2.75, 3.05) is 20.3 Å². The normalized spacial score (nSPS) is 13.9. The number of amides is 4. The molecule has 1 aromatic heterocycles. The summed E-state index contributed by atoms with van der Waals surface area (Å²) in [4.78, 5) is 57.0. The molecule has 50 heavy (non-hydrogen) atoms. The van der Waals surface area contributed by atoms with Crippen molar-refractivity contribution in [1.29, 1.82) is 0 Å². The zero-order chi connectivity index (χ0) is 36.8. The molecule has 4 atom stereocenters. The number of aromatic nitrogens is 1. The number of thiazole rings is 1. The summed E-state index contributed by atoms with van der Waals surface area (Å²) in [5, 5.41) is 21.6. The molecule has 0 aliphatic carbocycles. The number of carbonyl (C=O) groups excluding carboxylic acids is 4. The number of hydrogen-bond acceptors (Lipinski definition) is 10. The Labute approximate surface area is 298 Å². The quantitative estimate of drug-likeness (QED) is 0.136. The Balaban J connectivity index is 1.92. The number of methoxy groups -OCH3 is 1. The number of carbonyl (C=O) groups is 4. The van der Waals surface area contributed by atoms with Gasteiger partial charge in [0.15, 0.2) is 0 Å². The number of ether oxygens (including phenoxy) is 2. The smallest absolute Gasteiger partial charge is 0.407 e. The van der Waals surface area contributed by atoms with Crippen molar-refractivity contribution < 1.29 is 33.8 Å². The van der Waals surface area contributed by atoms with Crippen molar-refractivity contribution in [3.63, 3.8) is 0 Å². The third kappa shape index (κ3) is 12.4. The first-order valence-electron chi connectivity index (χ1n) is 16.5. The summed E-state index contributed by atoms with van der Waals surface area (Å²) in [5.74, 6) is -1.29. The van der Waals surface area contributed by atoms with Gasteiger partial charge in [-0.1, -0.05) is 89.2 Å². The Morgan fingerprint density at radius 3 is 2.16 bits per heavy atom. The van der Waals surface area contributed by atoms with E-state index in [1.54, 1.807) is 37.5 Å². The molecule has 0 saturated heterocycles. The van der Waals surface area contributed by atoms with E-state index in [-0.39, 0.29) is 32.0 Å². The van der Waals surface area contributed by atoms with Gasteiger partial charge in [-0.15, -0.1) is 11.3 Å². The fourth-order valence-electron chi connectivity index (χ4n) is 5.19. The third-order valence-electron chi connectivity index (χ3n) is 7.88. The number of rotatable bonds is 16. The molecule has 2 aromatic carbocycles. The number of nitrogens with zero attached hydrogens (tertiary/aromatic N) is 2. The van der Waals surface area contributed by atoms with Gasteiger partial charge < -0.3 is 30.5 Å². The molecule has 0 bridgehead atoms. The van der Waals surface area contributed by atoms with Gasteiger partial charge in [-0.2, -0.15) is 0 Å². The highest BCUT2D eigenvalue weighted by Gasteiger charge is 2.36. The van der Waals surface area contributed by atoms with Crippen LogP contribution in [0.2, 0.25) is 0 Å². The van der Waals surface area contributed by atoms with Crippen molar-refractivity contribution in [2.45, 2.75) is 78.7 Å². The van der Waals surface area contributed by atoms with Crippen molar-refractivity contribution in [3.8, 4) is 10.4 Å². The predicted molar refractivity (Wildman–Crippen MR) is 192 cm³/mol. The van der Waals surface area contributed by atoms with Gasteiger partial charge >= 0.3 is 12.2 Å². The number of alkyl carbamates (subject to hydrolysis) is 2. The first kappa shape index (κ1) is 39.9. The minimum atomic E-state index is -1.20. The van der Waals surface area contributed by atoms with Crippen LogP contribution in [0.25, 0.3) is 10.4 Å². The first-order valence-corrected chi connectivity index (χ1v) is 17.4. The Morgan fingerprint density at radius 1 is 0.920 bits per heavy atom. The van der Waals surface area contributed by atoms with Crippen LogP contribution in [0.3, 0.4) is 0 Å². The molecule has 0 saturated carbocycles. The molecule has 3 aromatic rings. The Bertz CT molecular complexity index is 1510. The van der Waals surface area contributed by atoms with Crippen LogP contribution < -0.4 is 21.4 Å². The van der Waals surface area contributed by atoms with E-state index in [4.69, 9.17) is 9.47 Å². The fourth-order valence-corrected chi connectivity index (χ4v) is 5.81. The maximum absolute atomic E-state index is 13.7. The van der Waals surface area contributed by atoms with Gasteiger partial charge in [0.05, 0.1) is 36.3 Å². The molecule has 0 aliphatic rings. The van der Waals surface area contributed by atoms with Gasteiger partial charge in [-0.3, -0.25) is 20.0 Å². The van der Waals surface area contributed by atoms with Crippen molar-refractivity contribution in [1.82, 2.24) is 31.4 Å². The summed E-state index contributed by atoms with van der Waals surface area (Å²) < 4.78 is 9.78. The predicted octanol–water partition coefficient (Wildman–Crippen LogP) is 4.27. The minimum Gasteiger partial charge on any atom is -0.453 e. The van der Waals surface area contributed by atoms with Crippen LogP contribution >= 0.6 is 11.3 Å². The Hall–Kier alpha value is -4.53. The Kier molecular flexibility index (Phi) is 15.2. The first-order chi connectivity index (χ1) is 23.7. The highest BCUT2D eigenvalue weighted by molar-refractivity contribution is 7.13. The lowest BCUT2D eigenvalue weighted by atomic mass is 9.85. The number of benzene rings is 2. The molecule has 1 heterocycles. The van der Waals surface area contributed by atoms with Crippen LogP contribution in [0, 0.1) is 11.3 Å². The average molecular weight is 711 g/mol. The maximum Gasteiger partial charge on any atom is 0.407 e. The van der Waals surface area contributed by atoms with Crippen LogP contribution in [0.15, 0.2) is 66.3 Å². The summed E-state index contributed by atoms with van der Waals surface area (Å²) >= 11 is 1.52. The molecular weight excluding hydrogens is 660 g/mol. The van der Waals surface area contributed by atoms with Crippen molar-refractivity contribution in [2.24, 2.45) is 11.3 Å². The standard InChI is InChI=1S/C36H50N6O7S/c1-8-49-35(47)39-30(23(2)3)32(44)41-42(20-25-14-16-26(17-15-25)29-19-37-22-50-29)21-28(43)27(18-24-12-10-9-11-13-24)38-33(45)31(36(4,5)6)40-34(46)48-7/h9-17,19,22-23,27-28,30-31,43H,8,18,20-21H2,1-7H3,(H,38,45)(H,39,47)(H,40,46)(H,41,44)/t27-,28-,30-,31+/m0/s1. The van der Waals surface area contributed by atoms with Gasteiger partial charge in [0.2, 0.25) is 5.91 Å². The van der Waals surface area contributed by atoms with E-state index in [0.29, 0.717) is 0 Å². The number of aliphatic hydroxyl groups excluding tert-OH is 1. The van der Waals surface area contributed by atoms with Crippen LogP contribution in [0.5, 0.6) is 0 Å². The van der Waals surface area contributed by atoms with E-state index in [1.807, 2.05) is 75.4 Å². The molecule has 0 spiro atoms. The van der Waals surface area contributed by atoms with E-state index < -0.39 is 53.6 Å². The van der Waals surface area contributed by atoms with E-state index >= 15 is 0 Å². The largest absolute Gasteiger partial charge is 0.453 e. The van der Waals surface area contributed by atoms with E-state index in [1.165, 1.54) is 18.4 Å². The lowest BCUT2D eigenvalue weighted by Gasteiger charge is -2.34. The molecule has 272 valence electrons. The van der Waals surface area contributed by atoms with Crippen LogP contribution in [0.1, 0.15) is 52.7 Å². The van der Waals surface area contributed by atoms with Crippen LogP contribution in [0.4, 0.5) is 9.59 Å². The molecule has 13 nitrogen and oxygen atoms in total. The zero-order valence-corrected chi connectivity index (χ0v) is 30.6. The van der Waals surface area contributed by atoms with E-state index in [2.05, 4.69) is 26.4 Å². The van der Waals surface area contributed by atoms with Gasteiger partial charge in [0.1, 0.15) is 12.1 Å². The fraction of sp³-hybridized carbons (Fsp3) is 0.472. The van der Waals surface area contributed by atoms with Crippen LogP contribution in [-0.2, 0) is 32.0 Å². The lowest BCUT2D eigenvalue weighted by Crippen LogP contribution is -2.60. The van der Waals surface area contributed by atoms with Crippen molar-refractivity contribution >= 4 is 35.3 Å². The highest BCUT2D eigenvalue weighted by atomic mass is 32.1. The molecule has 0 fully saturated rings. The van der Waals surface area contributed by atoms with Gasteiger partial charge in [-0.05, 0) is 41.4 Å². The second kappa shape index (κ2) is 19.0. The molecule has 0 radical (unpaired) electrons. The molecule has 3 rings (SSSR count). The number of hydrazine groups is 1. The summed E-state index contributed by atoms with van der Waals surface area (Å²) in [6.45, 7) is 10.9. The number of aliphatic hydroxyl groups is 1. The molecule has 0 unspecified atom stereocenters. The summed E-state index contributed by atoms with van der Waals surface area (Å²) in [6, 6.07) is 14.4. The molecule has 14 heteroatoms. The average Bonchev–Trinajstić information content (AvgIpc) is 3.61. The lowest BCUT2D eigenvalue weighted by molar-refractivity contribution is -0.131. The van der Waals surface area contributed by atoms with E-state index in [9.17, 15) is 24.3 Å². The third-order valence-corrected chi connectivity index (χ3v) is 8.71. The summed E-state index contributed by atoms with van der Waals surface area (Å²) in [7, 11) is 1.22. The van der Waals surface area contributed by atoms with Gasteiger partial charge in [0.25, 0.3) is 5.91 Å². The van der Waals surface area contributed by atoms with Gasteiger partial charge in [0, 0.05) is 19.3 Å². The highest BCUT2D eigenvalue weighted by Crippen LogP contribution is 2.24. The number of nitrogens with one attached hydrogen (secondary N) is 4. The Morgan fingerprint density at radius 2 is 1.60 bits per heavy atom. The topological polar surface area (TPSA) is 171 Å². The maximum atomic E-state index is 13.7. The number of hydrogen-bond donors (Lipinski definition) is 5. The van der Waals surface area contributed by atoms with E-state index in [0.717, 1.165) is 21.6 Å². The van der Waals surface area contributed by atoms with Crippen LogP contribution in [-0.4, -0.2) is 83.6 Å². The molecule has 0 aliphatic heterocycles. The summed E-state index contributed by atoms with van der Waals surface area (Å²) in [5.41, 5.74) is 6.65. The van der Waals surface area contributed by atoms with Crippen molar-refractivity contribution in [3.05, 3.63) is 77.4 Å². The molecule has 4 amide bonds. The molecular formula is C36H50N6O7S. The minimum absolute atomic E-state index is 0.102. The van der Waals surface area contributed by atoms with Gasteiger partial charge in [-0.25, -0.2) is 14.6 Å². The zero-order valence-electron chi connectivity index (χ0n) is 29.8. The molecule has 5 N–H and O–H groups in total. The second-order valence-electron chi connectivity index (χ2n) is 13.3.